The summed E-state index contributed by atoms with van der Waals surface area (Å²) >= 11 is 0. The molecular weight excluding hydrogens is 300 g/mol. The van der Waals surface area contributed by atoms with Gasteiger partial charge in [0, 0.05) is 18.4 Å². The number of amides is 4. The third-order valence-corrected chi connectivity index (χ3v) is 2.83. The number of anilines is 2. The zero-order valence-corrected chi connectivity index (χ0v) is 12.4. The van der Waals surface area contributed by atoms with Crippen molar-refractivity contribution in [2.24, 2.45) is 0 Å². The maximum Gasteiger partial charge on any atom is 0.319 e. The predicted octanol–water partition coefficient (Wildman–Crippen LogP) is 1.40. The van der Waals surface area contributed by atoms with Crippen LogP contribution in [0.4, 0.5) is 16.2 Å². The summed E-state index contributed by atoms with van der Waals surface area (Å²) in [6.07, 6.45) is 1.42. The van der Waals surface area contributed by atoms with Gasteiger partial charge < -0.3 is 25.7 Å². The topological polar surface area (TPSA) is 112 Å². The van der Waals surface area contributed by atoms with Crippen LogP contribution in [-0.2, 0) is 4.79 Å². The van der Waals surface area contributed by atoms with Crippen molar-refractivity contribution in [3.8, 4) is 0 Å². The summed E-state index contributed by atoms with van der Waals surface area (Å²) in [4.78, 5) is 34.4. The zero-order chi connectivity index (χ0) is 16.7. The van der Waals surface area contributed by atoms with Gasteiger partial charge in [-0.05, 0) is 36.4 Å². The molecule has 0 aliphatic rings. The minimum atomic E-state index is -0.499. The fraction of sp³-hybridized carbons (Fsp3) is 0.133. The lowest BCUT2D eigenvalue weighted by Crippen LogP contribution is -2.37. The molecule has 0 saturated carbocycles. The Kier molecular flexibility index (Phi) is 5.35. The van der Waals surface area contributed by atoms with Gasteiger partial charge in [-0.3, -0.25) is 9.59 Å². The smallest absolute Gasteiger partial charge is 0.319 e. The largest absolute Gasteiger partial charge is 0.459 e. The van der Waals surface area contributed by atoms with E-state index in [0.29, 0.717) is 11.4 Å². The van der Waals surface area contributed by atoms with E-state index in [-0.39, 0.29) is 24.1 Å². The molecule has 2 aromatic rings. The molecule has 4 N–H and O–H groups in total. The highest BCUT2D eigenvalue weighted by molar-refractivity contribution is 6.02. The Morgan fingerprint density at radius 2 is 1.65 bits per heavy atom. The van der Waals surface area contributed by atoms with Gasteiger partial charge in [-0.2, -0.15) is 0 Å². The van der Waals surface area contributed by atoms with E-state index in [1.54, 1.807) is 36.4 Å². The average Bonchev–Trinajstić information content (AvgIpc) is 3.09. The summed E-state index contributed by atoms with van der Waals surface area (Å²) in [5.41, 5.74) is 1.08. The summed E-state index contributed by atoms with van der Waals surface area (Å²) in [5.74, 6) is -0.448. The Hall–Kier alpha value is -3.29. The molecule has 0 bridgehead atoms. The van der Waals surface area contributed by atoms with Crippen LogP contribution in [0.3, 0.4) is 0 Å². The van der Waals surface area contributed by atoms with E-state index in [9.17, 15) is 14.4 Å². The monoisotopic (exact) mass is 316 g/mol. The van der Waals surface area contributed by atoms with Gasteiger partial charge in [0.15, 0.2) is 5.76 Å². The number of carbonyl (C=O) groups excluding carboxylic acids is 3. The van der Waals surface area contributed by atoms with Gasteiger partial charge in [-0.15, -0.1) is 0 Å². The van der Waals surface area contributed by atoms with Crippen LogP contribution in [0.1, 0.15) is 10.6 Å². The molecule has 0 atom stereocenters. The zero-order valence-electron chi connectivity index (χ0n) is 12.4. The number of likely N-dealkylation sites (N-methyl/N-ethyl adjacent to an activating group) is 1. The first kappa shape index (κ1) is 16.1. The lowest BCUT2D eigenvalue weighted by Gasteiger charge is -2.08. The number of benzene rings is 1. The Balaban J connectivity index is 1.85. The van der Waals surface area contributed by atoms with Gasteiger partial charge in [0.1, 0.15) is 0 Å². The number of carbonyl (C=O) groups is 3. The van der Waals surface area contributed by atoms with Crippen LogP contribution >= 0.6 is 0 Å². The van der Waals surface area contributed by atoms with E-state index in [2.05, 4.69) is 21.3 Å². The molecule has 8 heteroatoms. The second-order valence-electron chi connectivity index (χ2n) is 4.49. The van der Waals surface area contributed by atoms with Crippen molar-refractivity contribution >= 4 is 29.2 Å². The minimum Gasteiger partial charge on any atom is -0.459 e. The maximum absolute atomic E-state index is 11.8. The Morgan fingerprint density at radius 1 is 1.00 bits per heavy atom. The number of urea groups is 1. The van der Waals surface area contributed by atoms with Gasteiger partial charge in [0.25, 0.3) is 5.91 Å². The molecule has 120 valence electrons. The Bertz CT molecular complexity index is 680. The molecule has 1 heterocycles. The van der Waals surface area contributed by atoms with E-state index in [4.69, 9.17) is 4.42 Å². The standard InChI is InChI=1S/C15H16N4O4/c1-16-13(20)9-17-15(22)19-11-6-4-10(5-7-11)18-14(21)12-3-2-8-23-12/h2-8H,9H2,1H3,(H,16,20)(H,18,21)(H2,17,19,22). The molecule has 0 fully saturated rings. The average molecular weight is 316 g/mol. The van der Waals surface area contributed by atoms with E-state index >= 15 is 0 Å². The van der Waals surface area contributed by atoms with Crippen LogP contribution in [-0.4, -0.2) is 31.4 Å². The van der Waals surface area contributed by atoms with Gasteiger partial charge in [-0.25, -0.2) is 4.79 Å². The fourth-order valence-corrected chi connectivity index (χ4v) is 1.66. The van der Waals surface area contributed by atoms with Crippen LogP contribution in [0.5, 0.6) is 0 Å². The highest BCUT2D eigenvalue weighted by atomic mass is 16.3. The lowest BCUT2D eigenvalue weighted by atomic mass is 10.2. The quantitative estimate of drug-likeness (QED) is 0.668. The number of furan rings is 1. The summed E-state index contributed by atoms with van der Waals surface area (Å²) in [7, 11) is 1.48. The van der Waals surface area contributed by atoms with Gasteiger partial charge in [0.2, 0.25) is 5.91 Å². The lowest BCUT2D eigenvalue weighted by molar-refractivity contribution is -0.119. The summed E-state index contributed by atoms with van der Waals surface area (Å²) in [6.45, 7) is -0.111. The SMILES string of the molecule is CNC(=O)CNC(=O)Nc1ccc(NC(=O)c2ccco2)cc1. The first-order chi connectivity index (χ1) is 11.1. The van der Waals surface area contributed by atoms with E-state index in [1.165, 1.54) is 13.3 Å². The third kappa shape index (κ3) is 4.88. The molecular formula is C15H16N4O4. The normalized spacial score (nSPS) is 9.78. The molecule has 0 saturated heterocycles. The fourth-order valence-electron chi connectivity index (χ4n) is 1.66. The Morgan fingerprint density at radius 3 is 2.22 bits per heavy atom. The van der Waals surface area contributed by atoms with Crippen LogP contribution in [0.2, 0.25) is 0 Å². The number of nitrogens with one attached hydrogen (secondary N) is 4. The van der Waals surface area contributed by atoms with Gasteiger partial charge in [-0.1, -0.05) is 0 Å². The highest BCUT2D eigenvalue weighted by Gasteiger charge is 2.09. The minimum absolute atomic E-state index is 0.111. The summed E-state index contributed by atoms with van der Waals surface area (Å²) in [5, 5.41) is 10.0. The molecule has 0 aliphatic carbocycles. The van der Waals surface area contributed by atoms with E-state index in [1.807, 2.05) is 0 Å². The van der Waals surface area contributed by atoms with Crippen molar-refractivity contribution in [1.82, 2.24) is 10.6 Å². The number of rotatable bonds is 5. The number of hydrogen-bond acceptors (Lipinski definition) is 4. The van der Waals surface area contributed by atoms with Crippen molar-refractivity contribution in [2.45, 2.75) is 0 Å². The molecule has 8 nitrogen and oxygen atoms in total. The highest BCUT2D eigenvalue weighted by Crippen LogP contribution is 2.14. The second-order valence-corrected chi connectivity index (χ2v) is 4.49. The van der Waals surface area contributed by atoms with Crippen molar-refractivity contribution in [3.63, 3.8) is 0 Å². The molecule has 0 aliphatic heterocycles. The van der Waals surface area contributed by atoms with Crippen LogP contribution in [0.15, 0.2) is 47.1 Å². The first-order valence-corrected chi connectivity index (χ1v) is 6.79. The maximum atomic E-state index is 11.8. The van der Waals surface area contributed by atoms with Gasteiger partial charge >= 0.3 is 6.03 Å². The molecule has 0 spiro atoms. The molecule has 1 aromatic heterocycles. The van der Waals surface area contributed by atoms with Crippen molar-refractivity contribution in [2.75, 3.05) is 24.2 Å². The molecule has 2 rings (SSSR count). The first-order valence-electron chi connectivity index (χ1n) is 6.79. The number of hydrogen-bond donors (Lipinski definition) is 4. The van der Waals surface area contributed by atoms with Crippen molar-refractivity contribution in [1.29, 1.82) is 0 Å². The second kappa shape index (κ2) is 7.64. The molecule has 0 unspecified atom stereocenters. The molecule has 23 heavy (non-hydrogen) atoms. The van der Waals surface area contributed by atoms with Crippen LogP contribution in [0, 0.1) is 0 Å². The van der Waals surface area contributed by atoms with E-state index in [0.717, 1.165) is 0 Å². The molecule has 4 amide bonds. The van der Waals surface area contributed by atoms with Gasteiger partial charge in [0.05, 0.1) is 12.8 Å². The predicted molar refractivity (Wildman–Crippen MR) is 84.2 cm³/mol. The summed E-state index contributed by atoms with van der Waals surface area (Å²) in [6, 6.07) is 9.20. The molecule has 1 aromatic carbocycles. The summed E-state index contributed by atoms with van der Waals surface area (Å²) < 4.78 is 4.99. The molecule has 0 radical (unpaired) electrons. The van der Waals surface area contributed by atoms with E-state index < -0.39 is 6.03 Å². The Labute approximate surface area is 132 Å². The third-order valence-electron chi connectivity index (χ3n) is 2.83. The van der Waals surface area contributed by atoms with Crippen LogP contribution in [0.25, 0.3) is 0 Å². The van der Waals surface area contributed by atoms with Crippen LogP contribution < -0.4 is 21.3 Å². The van der Waals surface area contributed by atoms with Crippen molar-refractivity contribution < 1.29 is 18.8 Å². The van der Waals surface area contributed by atoms with Crippen molar-refractivity contribution in [3.05, 3.63) is 48.4 Å².